The highest BCUT2D eigenvalue weighted by Crippen LogP contribution is 2.28. The van der Waals surface area contributed by atoms with Crippen LogP contribution in [0.5, 0.6) is 0 Å². The molecule has 0 saturated carbocycles. The van der Waals surface area contributed by atoms with E-state index in [0.29, 0.717) is 0 Å². The van der Waals surface area contributed by atoms with Gasteiger partial charge in [0.1, 0.15) is 0 Å². The van der Waals surface area contributed by atoms with Crippen molar-refractivity contribution in [3.63, 3.8) is 0 Å². The van der Waals surface area contributed by atoms with Crippen molar-refractivity contribution in [2.75, 3.05) is 32.2 Å². The third-order valence-electron chi connectivity index (χ3n) is 4.17. The smallest absolute Gasteiger partial charge is 0.0587 e. The van der Waals surface area contributed by atoms with Gasteiger partial charge in [0.25, 0.3) is 0 Å². The average Bonchev–Trinajstić information content (AvgIpc) is 2.43. The Labute approximate surface area is 124 Å². The lowest BCUT2D eigenvalue weighted by molar-refractivity contribution is 0.199. The van der Waals surface area contributed by atoms with Crippen LogP contribution >= 0.6 is 0 Å². The molecule has 0 aromatic heterocycles. The van der Waals surface area contributed by atoms with E-state index < -0.39 is 0 Å². The Morgan fingerprint density at radius 3 is 2.60 bits per heavy atom. The Balaban J connectivity index is 2.89. The highest BCUT2D eigenvalue weighted by molar-refractivity contribution is 5.56. The zero-order valence-corrected chi connectivity index (χ0v) is 13.9. The molecule has 114 valence electrons. The molecule has 3 heteroatoms. The third-order valence-corrected chi connectivity index (χ3v) is 4.17. The predicted octanol–water partition coefficient (Wildman–Crippen LogP) is 3.36. The second-order valence-corrected chi connectivity index (χ2v) is 6.03. The minimum atomic E-state index is 0.163. The van der Waals surface area contributed by atoms with E-state index in [9.17, 15) is 0 Å². The Bertz CT molecular complexity index is 415. The summed E-state index contributed by atoms with van der Waals surface area (Å²) in [6.45, 7) is 11.5. The summed E-state index contributed by atoms with van der Waals surface area (Å²) in [5, 5.41) is 3.44. The summed E-state index contributed by atoms with van der Waals surface area (Å²) >= 11 is 0. The fraction of sp³-hybridized carbons (Fsp3) is 0.647. The third kappa shape index (κ3) is 4.50. The van der Waals surface area contributed by atoms with E-state index in [2.05, 4.69) is 63.2 Å². The first-order valence-electron chi connectivity index (χ1n) is 7.45. The molecule has 0 bridgehead atoms. The zero-order valence-electron chi connectivity index (χ0n) is 13.9. The van der Waals surface area contributed by atoms with Gasteiger partial charge in [0.05, 0.1) is 6.61 Å². The maximum absolute atomic E-state index is 5.08. The first kappa shape index (κ1) is 17.0. The summed E-state index contributed by atoms with van der Waals surface area (Å²) in [5.41, 5.74) is 4.13. The molecule has 3 nitrogen and oxygen atoms in total. The number of hydrogen-bond donors (Lipinski definition) is 1. The molecular formula is C17H30N2O. The maximum Gasteiger partial charge on any atom is 0.0587 e. The summed E-state index contributed by atoms with van der Waals surface area (Å²) in [4.78, 5) is 2.39. The number of aryl methyl sites for hydroxylation is 1. The van der Waals surface area contributed by atoms with Gasteiger partial charge in [0.15, 0.2) is 0 Å². The normalized spacial score (nSPS) is 11.7. The van der Waals surface area contributed by atoms with Crippen molar-refractivity contribution in [1.29, 1.82) is 0 Å². The van der Waals surface area contributed by atoms with Crippen LogP contribution in [0.3, 0.4) is 0 Å². The summed E-state index contributed by atoms with van der Waals surface area (Å²) in [7, 11) is 3.92. The van der Waals surface area contributed by atoms with Crippen LogP contribution in [0.25, 0.3) is 0 Å². The molecule has 0 fully saturated rings. The minimum Gasteiger partial charge on any atom is -0.383 e. The fourth-order valence-corrected chi connectivity index (χ4v) is 2.14. The Morgan fingerprint density at radius 1 is 1.30 bits per heavy atom. The molecule has 0 amide bonds. The molecule has 0 saturated heterocycles. The Morgan fingerprint density at radius 2 is 2.00 bits per heavy atom. The van der Waals surface area contributed by atoms with Gasteiger partial charge in [-0.05, 0) is 38.8 Å². The van der Waals surface area contributed by atoms with Gasteiger partial charge in [-0.25, -0.2) is 0 Å². The highest BCUT2D eigenvalue weighted by Gasteiger charge is 2.23. The number of nitrogens with one attached hydrogen (secondary N) is 1. The van der Waals surface area contributed by atoms with E-state index >= 15 is 0 Å². The van der Waals surface area contributed by atoms with Crippen molar-refractivity contribution >= 4 is 5.69 Å². The highest BCUT2D eigenvalue weighted by atomic mass is 16.5. The van der Waals surface area contributed by atoms with Gasteiger partial charge in [0, 0.05) is 38.5 Å². The molecule has 0 aliphatic carbocycles. The molecule has 0 aliphatic heterocycles. The quantitative estimate of drug-likeness (QED) is 0.738. The topological polar surface area (TPSA) is 24.5 Å². The summed E-state index contributed by atoms with van der Waals surface area (Å²) < 4.78 is 5.08. The standard InChI is InChI=1S/C17H30N2O/c1-7-17(3,4)19(5)16-9-8-14(2)12-15(16)13-18-10-11-20-6/h8-9,12,18H,7,10-11,13H2,1-6H3. The largest absolute Gasteiger partial charge is 0.383 e. The van der Waals surface area contributed by atoms with Crippen molar-refractivity contribution < 1.29 is 4.74 Å². The summed E-state index contributed by atoms with van der Waals surface area (Å²) in [6, 6.07) is 6.70. The van der Waals surface area contributed by atoms with Crippen molar-refractivity contribution in [3.8, 4) is 0 Å². The first-order chi connectivity index (χ1) is 9.42. The molecule has 1 N–H and O–H groups in total. The molecular weight excluding hydrogens is 248 g/mol. The second kappa shape index (κ2) is 7.65. The Hall–Kier alpha value is -1.06. The number of anilines is 1. The van der Waals surface area contributed by atoms with Crippen molar-refractivity contribution in [1.82, 2.24) is 5.32 Å². The van der Waals surface area contributed by atoms with Crippen LogP contribution in [0.4, 0.5) is 5.69 Å². The zero-order chi connectivity index (χ0) is 15.2. The number of benzene rings is 1. The maximum atomic E-state index is 5.08. The van der Waals surface area contributed by atoms with E-state index in [1.807, 2.05) is 0 Å². The molecule has 1 rings (SSSR count). The van der Waals surface area contributed by atoms with Crippen LogP contribution in [0.15, 0.2) is 18.2 Å². The van der Waals surface area contributed by atoms with E-state index in [0.717, 1.165) is 26.1 Å². The fourth-order valence-electron chi connectivity index (χ4n) is 2.14. The van der Waals surface area contributed by atoms with Gasteiger partial charge in [-0.15, -0.1) is 0 Å². The van der Waals surface area contributed by atoms with Gasteiger partial charge in [-0.3, -0.25) is 0 Å². The van der Waals surface area contributed by atoms with Gasteiger partial charge in [0.2, 0.25) is 0 Å². The van der Waals surface area contributed by atoms with Gasteiger partial charge in [-0.2, -0.15) is 0 Å². The summed E-state index contributed by atoms with van der Waals surface area (Å²) in [6.07, 6.45) is 1.12. The number of hydrogen-bond acceptors (Lipinski definition) is 3. The summed E-state index contributed by atoms with van der Waals surface area (Å²) in [5.74, 6) is 0. The monoisotopic (exact) mass is 278 g/mol. The van der Waals surface area contributed by atoms with Crippen molar-refractivity contribution in [2.24, 2.45) is 0 Å². The van der Waals surface area contributed by atoms with E-state index in [-0.39, 0.29) is 5.54 Å². The number of nitrogens with zero attached hydrogens (tertiary/aromatic N) is 1. The van der Waals surface area contributed by atoms with Crippen LogP contribution in [0.1, 0.15) is 38.3 Å². The molecule has 0 heterocycles. The van der Waals surface area contributed by atoms with E-state index in [4.69, 9.17) is 4.74 Å². The van der Waals surface area contributed by atoms with Crippen LogP contribution in [-0.4, -0.2) is 32.8 Å². The van der Waals surface area contributed by atoms with Crippen molar-refractivity contribution in [2.45, 2.75) is 46.2 Å². The lowest BCUT2D eigenvalue weighted by Gasteiger charge is -2.38. The van der Waals surface area contributed by atoms with Crippen LogP contribution < -0.4 is 10.2 Å². The number of rotatable bonds is 8. The van der Waals surface area contributed by atoms with Gasteiger partial charge < -0.3 is 15.0 Å². The molecule has 0 atom stereocenters. The van der Waals surface area contributed by atoms with Crippen LogP contribution in [0.2, 0.25) is 0 Å². The minimum absolute atomic E-state index is 0.163. The lowest BCUT2D eigenvalue weighted by atomic mass is 9.97. The predicted molar refractivity (Wildman–Crippen MR) is 87.5 cm³/mol. The Kier molecular flexibility index (Phi) is 6.50. The van der Waals surface area contributed by atoms with E-state index in [1.165, 1.54) is 16.8 Å². The average molecular weight is 278 g/mol. The van der Waals surface area contributed by atoms with Crippen LogP contribution in [-0.2, 0) is 11.3 Å². The molecule has 1 aromatic carbocycles. The van der Waals surface area contributed by atoms with Crippen LogP contribution in [0, 0.1) is 6.92 Å². The molecule has 0 spiro atoms. The SMILES string of the molecule is CCC(C)(C)N(C)c1ccc(C)cc1CNCCOC. The lowest BCUT2D eigenvalue weighted by Crippen LogP contribution is -2.41. The van der Waals surface area contributed by atoms with Gasteiger partial charge >= 0.3 is 0 Å². The molecule has 1 aromatic rings. The molecule has 0 aliphatic rings. The molecule has 20 heavy (non-hydrogen) atoms. The van der Waals surface area contributed by atoms with Crippen molar-refractivity contribution in [3.05, 3.63) is 29.3 Å². The number of ether oxygens (including phenoxy) is 1. The molecule has 0 unspecified atom stereocenters. The van der Waals surface area contributed by atoms with Gasteiger partial charge in [-0.1, -0.05) is 24.6 Å². The number of methoxy groups -OCH3 is 1. The second-order valence-electron chi connectivity index (χ2n) is 6.03. The molecule has 0 radical (unpaired) electrons. The van der Waals surface area contributed by atoms with E-state index in [1.54, 1.807) is 7.11 Å². The first-order valence-corrected chi connectivity index (χ1v) is 7.45.